The van der Waals surface area contributed by atoms with Crippen molar-refractivity contribution in [2.45, 2.75) is 5.88 Å². The van der Waals surface area contributed by atoms with Crippen LogP contribution in [0.3, 0.4) is 0 Å². The molecule has 0 radical (unpaired) electrons. The van der Waals surface area contributed by atoms with Gasteiger partial charge in [0.1, 0.15) is 5.75 Å². The lowest BCUT2D eigenvalue weighted by Crippen LogP contribution is -1.93. The molecule has 92 valence electrons. The lowest BCUT2D eigenvalue weighted by atomic mass is 10.3. The van der Waals surface area contributed by atoms with E-state index in [1.165, 1.54) is 24.3 Å². The van der Waals surface area contributed by atoms with E-state index >= 15 is 0 Å². The van der Waals surface area contributed by atoms with Crippen molar-refractivity contribution in [2.24, 2.45) is 0 Å². The highest BCUT2D eigenvalue weighted by Gasteiger charge is 2.06. The number of nitrogens with zero attached hydrogens (tertiary/aromatic N) is 3. The van der Waals surface area contributed by atoms with Crippen LogP contribution < -0.4 is 4.74 Å². The van der Waals surface area contributed by atoms with E-state index in [1.807, 2.05) is 0 Å². The van der Waals surface area contributed by atoms with Gasteiger partial charge in [0.25, 0.3) is 5.69 Å². The minimum atomic E-state index is -0.477. The van der Waals surface area contributed by atoms with E-state index in [1.54, 1.807) is 12.4 Å². The molecule has 18 heavy (non-hydrogen) atoms. The fourth-order valence-corrected chi connectivity index (χ4v) is 1.34. The van der Waals surface area contributed by atoms with Crippen LogP contribution in [-0.2, 0) is 5.88 Å². The maximum Gasteiger partial charge on any atom is 0.321 e. The highest BCUT2D eigenvalue weighted by atomic mass is 35.5. The molecular weight excluding hydrogens is 258 g/mol. The van der Waals surface area contributed by atoms with Crippen LogP contribution in [0.4, 0.5) is 5.69 Å². The maximum absolute atomic E-state index is 10.5. The smallest absolute Gasteiger partial charge is 0.321 e. The monoisotopic (exact) mass is 265 g/mol. The second kappa shape index (κ2) is 5.42. The van der Waals surface area contributed by atoms with Crippen LogP contribution >= 0.6 is 11.6 Å². The second-order valence-electron chi connectivity index (χ2n) is 3.36. The quantitative estimate of drug-likeness (QED) is 0.482. The summed E-state index contributed by atoms with van der Waals surface area (Å²) in [6.07, 6.45) is 3.11. The number of nitro benzene ring substituents is 1. The molecule has 0 unspecified atom stereocenters. The van der Waals surface area contributed by atoms with Crippen molar-refractivity contribution in [2.75, 3.05) is 0 Å². The first-order chi connectivity index (χ1) is 8.69. The number of hydrogen-bond donors (Lipinski definition) is 0. The van der Waals surface area contributed by atoms with Crippen LogP contribution in [0.1, 0.15) is 5.56 Å². The van der Waals surface area contributed by atoms with E-state index in [4.69, 9.17) is 16.3 Å². The second-order valence-corrected chi connectivity index (χ2v) is 3.63. The topological polar surface area (TPSA) is 78.2 Å². The number of benzene rings is 1. The van der Waals surface area contributed by atoms with Crippen molar-refractivity contribution in [1.29, 1.82) is 0 Å². The lowest BCUT2D eigenvalue weighted by Gasteiger charge is -2.03. The molecule has 2 rings (SSSR count). The first-order valence-corrected chi connectivity index (χ1v) is 5.51. The first kappa shape index (κ1) is 12.3. The number of alkyl halides is 1. The van der Waals surface area contributed by atoms with Gasteiger partial charge in [-0.2, -0.15) is 0 Å². The van der Waals surface area contributed by atoms with E-state index < -0.39 is 4.92 Å². The van der Waals surface area contributed by atoms with E-state index in [9.17, 15) is 10.1 Å². The zero-order valence-electron chi connectivity index (χ0n) is 9.12. The summed E-state index contributed by atoms with van der Waals surface area (Å²) < 4.78 is 5.32. The van der Waals surface area contributed by atoms with Gasteiger partial charge in [0.05, 0.1) is 10.8 Å². The Morgan fingerprint density at radius 1 is 1.22 bits per heavy atom. The Balaban J connectivity index is 2.10. The van der Waals surface area contributed by atoms with Gasteiger partial charge in [-0.1, -0.05) is 0 Å². The minimum absolute atomic E-state index is 0.000700. The fraction of sp³-hybridized carbons (Fsp3) is 0.0909. The molecule has 0 saturated heterocycles. The van der Waals surface area contributed by atoms with E-state index in [0.29, 0.717) is 11.6 Å². The highest BCUT2D eigenvalue weighted by Crippen LogP contribution is 2.21. The molecule has 0 aliphatic rings. The van der Waals surface area contributed by atoms with Gasteiger partial charge in [-0.25, -0.2) is 9.97 Å². The van der Waals surface area contributed by atoms with Crippen LogP contribution in [0.25, 0.3) is 0 Å². The SMILES string of the molecule is O=[N+]([O-])c1ccc(Oc2ncc(CCl)cn2)cc1. The molecule has 6 nitrogen and oxygen atoms in total. The normalized spacial score (nSPS) is 10.1. The third kappa shape index (κ3) is 2.92. The number of rotatable bonds is 4. The number of hydrogen-bond acceptors (Lipinski definition) is 5. The zero-order chi connectivity index (χ0) is 13.0. The van der Waals surface area contributed by atoms with E-state index in [2.05, 4.69) is 9.97 Å². The van der Waals surface area contributed by atoms with E-state index in [0.717, 1.165) is 5.56 Å². The number of non-ortho nitro benzene ring substituents is 1. The largest absolute Gasteiger partial charge is 0.424 e. The molecule has 0 aliphatic heterocycles. The highest BCUT2D eigenvalue weighted by molar-refractivity contribution is 6.17. The van der Waals surface area contributed by atoms with Crippen LogP contribution in [0, 0.1) is 10.1 Å². The summed E-state index contributed by atoms with van der Waals surface area (Å²) in [5, 5.41) is 10.5. The molecule has 1 aromatic carbocycles. The van der Waals surface area contributed by atoms with Crippen LogP contribution in [0.5, 0.6) is 11.8 Å². The molecule has 2 aromatic rings. The van der Waals surface area contributed by atoms with Gasteiger partial charge < -0.3 is 4.74 Å². The molecule has 0 fully saturated rings. The molecule has 0 saturated carbocycles. The van der Waals surface area contributed by atoms with Gasteiger partial charge in [-0.3, -0.25) is 10.1 Å². The van der Waals surface area contributed by atoms with Crippen molar-refractivity contribution >= 4 is 17.3 Å². The Kier molecular flexibility index (Phi) is 3.69. The zero-order valence-corrected chi connectivity index (χ0v) is 9.87. The van der Waals surface area contributed by atoms with Crippen molar-refractivity contribution < 1.29 is 9.66 Å². The van der Waals surface area contributed by atoms with Gasteiger partial charge in [-0.15, -0.1) is 11.6 Å². The Labute approximate surface area is 107 Å². The number of aromatic nitrogens is 2. The molecule has 0 amide bonds. The molecule has 1 heterocycles. The standard InChI is InChI=1S/C11H8ClN3O3/c12-5-8-6-13-11(14-7-8)18-10-3-1-9(2-4-10)15(16)17/h1-4,6-7H,5H2. The molecule has 1 aromatic heterocycles. The third-order valence-corrected chi connectivity index (χ3v) is 2.40. The van der Waals surface area contributed by atoms with Gasteiger partial charge in [0.15, 0.2) is 0 Å². The third-order valence-electron chi connectivity index (χ3n) is 2.09. The summed E-state index contributed by atoms with van der Waals surface area (Å²) in [6.45, 7) is 0. The lowest BCUT2D eigenvalue weighted by molar-refractivity contribution is -0.384. The minimum Gasteiger partial charge on any atom is -0.424 e. The Bertz CT molecular complexity index is 542. The fourth-order valence-electron chi connectivity index (χ4n) is 1.21. The molecular formula is C11H8ClN3O3. The summed E-state index contributed by atoms with van der Waals surface area (Å²) in [6, 6.07) is 5.83. The van der Waals surface area contributed by atoms with Gasteiger partial charge >= 0.3 is 6.01 Å². The summed E-state index contributed by atoms with van der Waals surface area (Å²) in [4.78, 5) is 17.9. The maximum atomic E-state index is 10.5. The predicted octanol–water partition coefficient (Wildman–Crippen LogP) is 2.92. The molecule has 0 spiro atoms. The average molecular weight is 266 g/mol. The molecule has 0 aliphatic carbocycles. The van der Waals surface area contributed by atoms with Crippen molar-refractivity contribution in [1.82, 2.24) is 9.97 Å². The Morgan fingerprint density at radius 2 is 1.83 bits per heavy atom. The molecule has 7 heteroatoms. The van der Waals surface area contributed by atoms with Crippen LogP contribution in [-0.4, -0.2) is 14.9 Å². The van der Waals surface area contributed by atoms with Crippen LogP contribution in [0.2, 0.25) is 0 Å². The van der Waals surface area contributed by atoms with Gasteiger partial charge in [0.2, 0.25) is 0 Å². The van der Waals surface area contributed by atoms with Gasteiger partial charge in [0, 0.05) is 30.1 Å². The molecule has 0 atom stereocenters. The number of nitro groups is 1. The summed E-state index contributed by atoms with van der Waals surface area (Å²) in [5.41, 5.74) is 0.786. The summed E-state index contributed by atoms with van der Waals surface area (Å²) >= 11 is 5.60. The molecule has 0 bridgehead atoms. The first-order valence-electron chi connectivity index (χ1n) is 4.98. The van der Waals surface area contributed by atoms with Gasteiger partial charge in [-0.05, 0) is 12.1 Å². The number of ether oxygens (including phenoxy) is 1. The van der Waals surface area contributed by atoms with Crippen molar-refractivity contribution in [3.05, 3.63) is 52.3 Å². The van der Waals surface area contributed by atoms with Crippen molar-refractivity contribution in [3.63, 3.8) is 0 Å². The predicted molar refractivity (Wildman–Crippen MR) is 64.8 cm³/mol. The summed E-state index contributed by atoms with van der Waals surface area (Å²) in [5.74, 6) is 0.761. The average Bonchev–Trinajstić information content (AvgIpc) is 2.40. The van der Waals surface area contributed by atoms with E-state index in [-0.39, 0.29) is 11.7 Å². The Hall–Kier alpha value is -2.21. The number of halogens is 1. The van der Waals surface area contributed by atoms with Crippen LogP contribution in [0.15, 0.2) is 36.7 Å². The molecule has 0 N–H and O–H groups in total. The Morgan fingerprint density at radius 3 is 2.33 bits per heavy atom. The summed E-state index contributed by atoms with van der Waals surface area (Å²) in [7, 11) is 0. The van der Waals surface area contributed by atoms with Crippen molar-refractivity contribution in [3.8, 4) is 11.8 Å².